The molecule has 0 heterocycles. The topological polar surface area (TPSA) is 86.4 Å². The summed E-state index contributed by atoms with van der Waals surface area (Å²) in [7, 11) is 2.59. The summed E-state index contributed by atoms with van der Waals surface area (Å²) >= 11 is 0. The Morgan fingerprint density at radius 3 is 1.56 bits per heavy atom. The van der Waals surface area contributed by atoms with Crippen molar-refractivity contribution in [3.63, 3.8) is 0 Å². The quantitative estimate of drug-likeness (QED) is 0.194. The summed E-state index contributed by atoms with van der Waals surface area (Å²) in [6.07, 6.45) is 0. The molecule has 3 N–H and O–H groups in total. The van der Waals surface area contributed by atoms with E-state index in [1.54, 1.807) is 0 Å². The van der Waals surface area contributed by atoms with Crippen molar-refractivity contribution >= 4 is 8.25 Å². The van der Waals surface area contributed by atoms with Gasteiger partial charge in [-0.15, -0.1) is 0 Å². The molecule has 9 heavy (non-hydrogen) atoms. The Balaban J connectivity index is 0. The molecule has 0 amide bonds. The lowest BCUT2D eigenvalue weighted by Crippen LogP contribution is -2.41. The molecular weight excluding hydrogens is 143 g/mol. The number of nitrogens with two attached hydrogens (primary N) is 1. The average molecular weight is 155 g/mol. The van der Waals surface area contributed by atoms with Gasteiger partial charge in [0.05, 0.1) is 21.1 Å². The first-order valence-corrected chi connectivity index (χ1v) is 3.30. The van der Waals surface area contributed by atoms with Gasteiger partial charge in [0.2, 0.25) is 0 Å². The highest BCUT2D eigenvalue weighted by Gasteiger charge is 1.89. The fraction of sp³-hybridized carbons (Fsp3) is 1.00. The van der Waals surface area contributed by atoms with E-state index in [0.29, 0.717) is 4.59 Å². The number of hydrogen-bond acceptors (Lipinski definition) is 3. The van der Waals surface area contributed by atoms with E-state index in [1.807, 2.05) is 21.1 Å². The minimum atomic E-state index is -3.12. The van der Waals surface area contributed by atoms with E-state index in [9.17, 15) is 0 Å². The Morgan fingerprint density at radius 2 is 1.56 bits per heavy atom. The first kappa shape index (κ1) is 11.7. The van der Waals surface area contributed by atoms with E-state index in [0.717, 1.165) is 0 Å². The maximum atomic E-state index is 8.59. The molecule has 1 unspecified atom stereocenters. The monoisotopic (exact) mass is 155 g/mol. The van der Waals surface area contributed by atoms with Crippen molar-refractivity contribution in [1.29, 1.82) is 0 Å². The zero-order valence-electron chi connectivity index (χ0n) is 5.74. The van der Waals surface area contributed by atoms with Gasteiger partial charge in [0, 0.05) is 0 Å². The van der Waals surface area contributed by atoms with Crippen molar-refractivity contribution in [2.75, 3.05) is 21.1 Å². The van der Waals surface area contributed by atoms with Crippen molar-refractivity contribution in [3.8, 4) is 0 Å². The third-order valence-corrected chi connectivity index (χ3v) is 0. The van der Waals surface area contributed by atoms with E-state index in [2.05, 4.69) is 0 Å². The summed E-state index contributed by atoms with van der Waals surface area (Å²) in [4.78, 5) is 15.6. The second-order valence-corrected chi connectivity index (χ2v) is 2.83. The molecule has 0 fully saturated rings. The maximum Gasteiger partial charge on any atom is 0.485 e. The van der Waals surface area contributed by atoms with Gasteiger partial charge in [0.1, 0.15) is 0 Å². The van der Waals surface area contributed by atoms with Crippen LogP contribution in [0.4, 0.5) is 0 Å². The molecule has 0 aromatic carbocycles. The lowest BCUT2D eigenvalue weighted by molar-refractivity contribution is -0.882. The van der Waals surface area contributed by atoms with Crippen LogP contribution in [-0.4, -0.2) is 30.6 Å². The number of nitrogens with zero attached hydrogens (tertiary/aromatic N) is 1. The number of hydrogen-bond donors (Lipinski definition) is 2. The normalized spacial score (nSPS) is 11.6. The summed E-state index contributed by atoms with van der Waals surface area (Å²) in [6.45, 7) is 0. The zero-order chi connectivity index (χ0) is 8.08. The zero-order valence-corrected chi connectivity index (χ0v) is 6.63. The van der Waals surface area contributed by atoms with Crippen LogP contribution in [0.1, 0.15) is 0 Å². The molecule has 0 aromatic rings. The van der Waals surface area contributed by atoms with E-state index < -0.39 is 8.25 Å². The molecular formula is C3H12N2O3P+. The Labute approximate surface area is 55.2 Å². The van der Waals surface area contributed by atoms with Crippen LogP contribution in [0.2, 0.25) is 0 Å². The van der Waals surface area contributed by atoms with Crippen molar-refractivity contribution in [1.82, 2.24) is 0 Å². The number of rotatable bonds is 0. The number of quaternary nitrogens is 1. The largest absolute Gasteiger partial charge is 0.567 e. The van der Waals surface area contributed by atoms with Gasteiger partial charge in [-0.1, -0.05) is 0 Å². The first-order valence-electron chi connectivity index (χ1n) is 2.16. The molecule has 0 aliphatic rings. The van der Waals surface area contributed by atoms with Crippen LogP contribution in [0.5, 0.6) is 0 Å². The van der Waals surface area contributed by atoms with Crippen LogP contribution in [0.15, 0.2) is 0 Å². The summed E-state index contributed by atoms with van der Waals surface area (Å²) < 4.78 is 9.09. The SMILES string of the molecule is C[N+](C)(C)N.O=[P+]([O-])O. The van der Waals surface area contributed by atoms with Gasteiger partial charge >= 0.3 is 8.25 Å². The Kier molecular flexibility index (Phi) is 6.22. The van der Waals surface area contributed by atoms with Gasteiger partial charge in [-0.2, -0.15) is 10.7 Å². The smallest absolute Gasteiger partial charge is 0.485 e. The third-order valence-electron chi connectivity index (χ3n) is 0. The highest BCUT2D eigenvalue weighted by atomic mass is 31.1. The van der Waals surface area contributed by atoms with Gasteiger partial charge in [0.15, 0.2) is 0 Å². The molecule has 5 nitrogen and oxygen atoms in total. The van der Waals surface area contributed by atoms with Crippen molar-refractivity contribution < 1.29 is 18.9 Å². The second-order valence-electron chi connectivity index (χ2n) is 2.35. The molecule has 0 saturated carbocycles. The van der Waals surface area contributed by atoms with Crippen LogP contribution >= 0.6 is 8.25 Å². The fourth-order valence-electron chi connectivity index (χ4n) is 0. The minimum Gasteiger partial charge on any atom is -0.567 e. The van der Waals surface area contributed by atoms with Crippen molar-refractivity contribution in [3.05, 3.63) is 0 Å². The molecule has 0 radical (unpaired) electrons. The molecule has 0 aromatic heterocycles. The molecule has 0 spiro atoms. The van der Waals surface area contributed by atoms with Crippen LogP contribution in [0, 0.1) is 0 Å². The third kappa shape index (κ3) is 77800. The molecule has 6 heteroatoms. The van der Waals surface area contributed by atoms with E-state index in [4.69, 9.17) is 20.2 Å². The predicted octanol–water partition coefficient (Wildman–Crippen LogP) is -1.44. The standard InChI is InChI=1S/C3H11N2.HO3P/c1-5(2,3)4;1-4(2)3/h4H2,1-3H3;(H,1,2,3)/q+1;. The van der Waals surface area contributed by atoms with E-state index in [1.165, 1.54) is 0 Å². The second kappa shape index (κ2) is 4.78. The lowest BCUT2D eigenvalue weighted by Gasteiger charge is -2.12. The van der Waals surface area contributed by atoms with E-state index in [-0.39, 0.29) is 0 Å². The summed E-state index contributed by atoms with van der Waals surface area (Å²) in [5.74, 6) is 5.29. The fourth-order valence-corrected chi connectivity index (χ4v) is 0. The van der Waals surface area contributed by atoms with Crippen LogP contribution in [0.25, 0.3) is 0 Å². The minimum absolute atomic E-state index is 0.500. The maximum absolute atomic E-state index is 8.59. The summed E-state index contributed by atoms with van der Waals surface area (Å²) in [5, 5.41) is 0. The van der Waals surface area contributed by atoms with E-state index >= 15 is 0 Å². The highest BCUT2D eigenvalue weighted by molar-refractivity contribution is 7.29. The van der Waals surface area contributed by atoms with Gasteiger partial charge < -0.3 is 4.89 Å². The van der Waals surface area contributed by atoms with Crippen LogP contribution in [0.3, 0.4) is 0 Å². The molecule has 56 valence electrons. The van der Waals surface area contributed by atoms with Gasteiger partial charge in [-0.3, -0.25) is 4.59 Å². The Morgan fingerprint density at radius 1 is 1.56 bits per heavy atom. The average Bonchev–Trinajstić information content (AvgIpc) is 1.19. The lowest BCUT2D eigenvalue weighted by atomic mass is 10.9. The predicted molar refractivity (Wildman–Crippen MR) is 32.0 cm³/mol. The summed E-state index contributed by atoms with van der Waals surface area (Å²) in [6, 6.07) is 0. The first-order chi connectivity index (χ1) is 3.73. The van der Waals surface area contributed by atoms with Crippen molar-refractivity contribution in [2.45, 2.75) is 0 Å². The molecule has 0 aliphatic carbocycles. The Bertz CT molecular complexity index is 79.5. The van der Waals surface area contributed by atoms with Gasteiger partial charge in [-0.05, 0) is 4.57 Å². The van der Waals surface area contributed by atoms with Crippen LogP contribution in [-0.2, 0) is 4.57 Å². The Hall–Kier alpha value is -0.0600. The summed E-state index contributed by atoms with van der Waals surface area (Å²) in [5.41, 5.74) is 0. The molecule has 1 atom stereocenters. The molecule has 0 rings (SSSR count). The van der Waals surface area contributed by atoms with Crippen molar-refractivity contribution in [2.24, 2.45) is 5.84 Å². The highest BCUT2D eigenvalue weighted by Crippen LogP contribution is 1.89. The molecule has 0 aliphatic heterocycles. The van der Waals surface area contributed by atoms with Gasteiger partial charge in [-0.25, -0.2) is 0 Å². The molecule has 0 bridgehead atoms. The molecule has 0 saturated heterocycles. The van der Waals surface area contributed by atoms with Crippen LogP contribution < -0.4 is 10.7 Å². The van der Waals surface area contributed by atoms with Gasteiger partial charge in [0.25, 0.3) is 0 Å².